The van der Waals surface area contributed by atoms with E-state index in [-0.39, 0.29) is 24.8 Å². The van der Waals surface area contributed by atoms with Gasteiger partial charge in [-0.05, 0) is 0 Å². The third-order valence-electron chi connectivity index (χ3n) is 11.6. The minimum Gasteiger partial charge on any atom is -1.00 e. The van der Waals surface area contributed by atoms with Crippen LogP contribution in [-0.2, 0) is 33.1 Å². The number of hydrogen-bond acceptors (Lipinski definition) is 0. The van der Waals surface area contributed by atoms with E-state index in [0.29, 0.717) is 19.1 Å². The molecule has 2 unspecified atom stereocenters. The Balaban J connectivity index is 0.00000243. The Morgan fingerprint density at radius 3 is 1.28 bits per heavy atom. The number of hydrogen-bond donors (Lipinski definition) is 0. The maximum Gasteiger partial charge on any atom is -1.00 e. The Kier molecular flexibility index (Phi) is 13.0. The molecule has 1 aliphatic heterocycles. The molecule has 1 heterocycles. The van der Waals surface area contributed by atoms with Gasteiger partial charge in [0.25, 0.3) is 0 Å². The van der Waals surface area contributed by atoms with Crippen molar-refractivity contribution < 1.29 is 45.1 Å². The van der Waals surface area contributed by atoms with Gasteiger partial charge >= 0.3 is 298 Å². The van der Waals surface area contributed by atoms with Gasteiger partial charge in [0.2, 0.25) is 0 Å². The molecule has 262 valence electrons. The Bertz CT molecular complexity index is 1690. The maximum atomic E-state index is 2.70. The zero-order valence-corrected chi connectivity index (χ0v) is 35.1. The van der Waals surface area contributed by atoms with Crippen molar-refractivity contribution >= 4 is 12.2 Å². The molecule has 0 aromatic heterocycles. The van der Waals surface area contributed by atoms with Crippen LogP contribution in [-0.4, -0.2) is 0 Å². The summed E-state index contributed by atoms with van der Waals surface area (Å²) >= 11 is -2.93. The molecule has 1 fully saturated rings. The molecule has 4 aromatic carbocycles. The summed E-state index contributed by atoms with van der Waals surface area (Å²) in [5, 5.41) is 0. The summed E-state index contributed by atoms with van der Waals surface area (Å²) in [4.78, 5) is 0. The van der Waals surface area contributed by atoms with E-state index in [1.165, 1.54) is 84.9 Å². The fourth-order valence-corrected chi connectivity index (χ4v) is 25.1. The molecule has 3 heteroatoms. The van der Waals surface area contributed by atoms with Crippen molar-refractivity contribution in [3.63, 3.8) is 0 Å². The molecule has 50 heavy (non-hydrogen) atoms. The van der Waals surface area contributed by atoms with Crippen molar-refractivity contribution in [2.75, 3.05) is 0 Å². The van der Waals surface area contributed by atoms with E-state index in [2.05, 4.69) is 139 Å². The second-order valence-corrected chi connectivity index (χ2v) is 27.5. The molecule has 0 N–H and O–H groups in total. The van der Waals surface area contributed by atoms with Crippen molar-refractivity contribution in [1.82, 2.24) is 0 Å². The molecule has 2 aliphatic carbocycles. The standard InChI is InChI=1S/2C22H25.C3H6.2ClH.Zr/c2*1-4-6-17-9-11-19(12-10-17)21-8-5-7-20-14-18(13-16(2)3)15-22(20)21;1-3-2;;;/h2*5,7-12,14-16H,4,6,13H2,1-3H3;1-3H2;2*1H;/q;;;;;+2/p-2. The van der Waals surface area contributed by atoms with Gasteiger partial charge < -0.3 is 24.8 Å². The third kappa shape index (κ3) is 7.36. The Morgan fingerprint density at radius 2 is 0.960 bits per heavy atom. The van der Waals surface area contributed by atoms with E-state index in [9.17, 15) is 0 Å². The molecule has 0 nitrogen and oxygen atoms in total. The molecule has 4 aromatic rings. The topological polar surface area (TPSA) is 0 Å². The largest absolute Gasteiger partial charge is 1.00 e. The van der Waals surface area contributed by atoms with Gasteiger partial charge in [0.05, 0.1) is 0 Å². The average Bonchev–Trinajstić information content (AvgIpc) is 3.59. The van der Waals surface area contributed by atoms with Crippen LogP contribution in [0.4, 0.5) is 0 Å². The number of benzene rings is 4. The van der Waals surface area contributed by atoms with Crippen molar-refractivity contribution in [3.05, 3.63) is 129 Å². The van der Waals surface area contributed by atoms with E-state index in [4.69, 9.17) is 0 Å². The van der Waals surface area contributed by atoms with Gasteiger partial charge in [0.1, 0.15) is 0 Å². The summed E-state index contributed by atoms with van der Waals surface area (Å²) in [6, 6.07) is 33.7. The quantitative estimate of drug-likeness (QED) is 0.137. The van der Waals surface area contributed by atoms with E-state index < -0.39 is 20.3 Å². The van der Waals surface area contributed by atoms with E-state index in [1.54, 1.807) is 22.3 Å². The minimum absolute atomic E-state index is 0. The van der Waals surface area contributed by atoms with Crippen molar-refractivity contribution in [3.8, 4) is 22.3 Å². The molecule has 0 spiro atoms. The monoisotopic (exact) mass is 780 g/mol. The molecule has 0 bridgehead atoms. The van der Waals surface area contributed by atoms with Crippen molar-refractivity contribution in [2.24, 2.45) is 11.8 Å². The zero-order valence-electron chi connectivity index (χ0n) is 31.2. The van der Waals surface area contributed by atoms with Gasteiger partial charge in [-0.15, -0.1) is 0 Å². The summed E-state index contributed by atoms with van der Waals surface area (Å²) in [6.07, 6.45) is 14.0. The first-order chi connectivity index (χ1) is 23.3. The zero-order chi connectivity index (χ0) is 33.4. The molecule has 7 rings (SSSR count). The summed E-state index contributed by atoms with van der Waals surface area (Å²) in [5.74, 6) is 1.33. The molecular weight excluding hydrogens is 727 g/mol. The van der Waals surface area contributed by atoms with Crippen LogP contribution in [0.1, 0.15) is 114 Å². The van der Waals surface area contributed by atoms with Gasteiger partial charge in [0.15, 0.2) is 0 Å². The second-order valence-electron chi connectivity index (χ2n) is 16.1. The number of halogens is 2. The fourth-order valence-electron chi connectivity index (χ4n) is 9.69. The first kappa shape index (κ1) is 39.0. The van der Waals surface area contributed by atoms with Gasteiger partial charge in [-0.2, -0.15) is 0 Å². The van der Waals surface area contributed by atoms with Gasteiger partial charge in [-0.1, -0.05) is 0 Å². The van der Waals surface area contributed by atoms with Gasteiger partial charge in [-0.3, -0.25) is 0 Å². The predicted molar refractivity (Wildman–Crippen MR) is 206 cm³/mol. The minimum atomic E-state index is -2.93. The van der Waals surface area contributed by atoms with Crippen molar-refractivity contribution in [1.29, 1.82) is 0 Å². The van der Waals surface area contributed by atoms with Crippen LogP contribution in [0.15, 0.2) is 96.1 Å². The molecule has 0 amide bonds. The maximum absolute atomic E-state index is 2.93. The normalized spacial score (nSPS) is 17.8. The smallest absolute Gasteiger partial charge is 1.00 e. The average molecular weight is 783 g/mol. The van der Waals surface area contributed by atoms with E-state index >= 15 is 0 Å². The van der Waals surface area contributed by atoms with Crippen LogP contribution in [0.2, 0.25) is 8.26 Å². The number of allylic oxidation sites excluding steroid dienone is 2. The summed E-state index contributed by atoms with van der Waals surface area (Å²) in [5.41, 5.74) is 18.5. The molecular formula is C47H56Cl2Zr. The molecule has 0 radical (unpaired) electrons. The van der Waals surface area contributed by atoms with Gasteiger partial charge in [0, 0.05) is 0 Å². The SMILES string of the molecule is CCCc1ccc(-c2cccc3c2C=C(CC(C)C)[CH]3[Zr+2]2([CH]3C(CC(C)C)=Cc4c(-c5ccc(CCC)cc5)cccc43)[CH2]C[CH2]2)cc1.[Cl-].[Cl-]. The summed E-state index contributed by atoms with van der Waals surface area (Å²) in [7, 11) is 0. The van der Waals surface area contributed by atoms with Crippen molar-refractivity contribution in [2.45, 2.75) is 102 Å². The van der Waals surface area contributed by atoms with Crippen LogP contribution in [0.5, 0.6) is 0 Å². The second kappa shape index (κ2) is 16.7. The number of fused-ring (bicyclic) bond motifs is 2. The van der Waals surface area contributed by atoms with Crippen LogP contribution in [0.3, 0.4) is 0 Å². The molecule has 3 aliphatic rings. The first-order valence-corrected chi connectivity index (χ1v) is 25.5. The number of rotatable bonds is 12. The Morgan fingerprint density at radius 1 is 0.560 bits per heavy atom. The predicted octanol–water partition coefficient (Wildman–Crippen LogP) is 8.00. The summed E-state index contributed by atoms with van der Waals surface area (Å²) < 4.78 is 4.38. The van der Waals surface area contributed by atoms with Gasteiger partial charge in [-0.25, -0.2) is 0 Å². The molecule has 2 atom stereocenters. The molecule has 1 saturated heterocycles. The Labute approximate surface area is 320 Å². The third-order valence-corrected chi connectivity index (χ3v) is 27.0. The first-order valence-electron chi connectivity index (χ1n) is 19.2. The van der Waals surface area contributed by atoms with Crippen LogP contribution < -0.4 is 24.8 Å². The fraction of sp³-hybridized carbons (Fsp3) is 0.404. The van der Waals surface area contributed by atoms with E-state index in [0.717, 1.165) is 12.8 Å². The number of aryl methyl sites for hydroxylation is 2. The van der Waals surface area contributed by atoms with Crippen LogP contribution in [0.25, 0.3) is 34.4 Å². The van der Waals surface area contributed by atoms with E-state index in [1.807, 2.05) is 0 Å². The van der Waals surface area contributed by atoms with Crippen LogP contribution in [0, 0.1) is 11.8 Å². The Hall–Kier alpha value is -2.18. The molecule has 0 saturated carbocycles. The van der Waals surface area contributed by atoms with Crippen LogP contribution >= 0.6 is 0 Å². The summed E-state index contributed by atoms with van der Waals surface area (Å²) in [6.45, 7) is 14.3.